The van der Waals surface area contributed by atoms with Gasteiger partial charge >= 0.3 is 14.8 Å². The Hall–Kier alpha value is -0.0831. The van der Waals surface area contributed by atoms with Gasteiger partial charge in [0, 0.05) is 31.1 Å². The normalized spacial score (nSPS) is 13.0. The summed E-state index contributed by atoms with van der Waals surface area (Å²) in [6.45, 7) is 10.0. The van der Waals surface area contributed by atoms with Gasteiger partial charge in [0.15, 0.2) is 0 Å². The molecular weight excluding hydrogens is 344 g/mol. The van der Waals surface area contributed by atoms with Crippen LogP contribution in [0.25, 0.3) is 0 Å². The molecule has 0 aromatic carbocycles. The SMILES string of the molecule is CCCCCC(S)CC(=O)OCCC[Si](OCC)(OCC)OCC. The Bertz CT molecular complexity index is 300. The monoisotopic (exact) mass is 380 g/mol. The number of carbonyl (C=O) groups excluding carboxylic acids is 1. The quantitative estimate of drug-likeness (QED) is 0.188. The highest BCUT2D eigenvalue weighted by Crippen LogP contribution is 2.18. The van der Waals surface area contributed by atoms with Gasteiger partial charge in [0.05, 0.1) is 13.0 Å². The van der Waals surface area contributed by atoms with E-state index in [4.69, 9.17) is 18.0 Å². The standard InChI is InChI=1S/C17H36O5SSi/c1-5-9-10-12-16(23)15-17(18)19-13-11-14-24(20-6-2,21-7-3)22-8-4/h16,23H,5-15H2,1-4H3. The number of rotatable bonds is 16. The number of esters is 1. The van der Waals surface area contributed by atoms with Gasteiger partial charge in [-0.25, -0.2) is 0 Å². The van der Waals surface area contributed by atoms with Crippen molar-refractivity contribution in [3.63, 3.8) is 0 Å². The third-order valence-electron chi connectivity index (χ3n) is 3.53. The number of hydrogen-bond acceptors (Lipinski definition) is 6. The zero-order valence-corrected chi connectivity index (χ0v) is 17.7. The first kappa shape index (κ1) is 23.9. The molecule has 0 bridgehead atoms. The fraction of sp³-hybridized carbons (Fsp3) is 0.941. The minimum Gasteiger partial charge on any atom is -0.466 e. The van der Waals surface area contributed by atoms with Crippen molar-refractivity contribution in [2.45, 2.75) is 77.5 Å². The zero-order chi connectivity index (χ0) is 18.3. The van der Waals surface area contributed by atoms with E-state index < -0.39 is 8.80 Å². The molecule has 0 rings (SSSR count). The van der Waals surface area contributed by atoms with Crippen molar-refractivity contribution >= 4 is 27.4 Å². The maximum absolute atomic E-state index is 11.8. The molecule has 0 spiro atoms. The van der Waals surface area contributed by atoms with Crippen molar-refractivity contribution in [1.29, 1.82) is 0 Å². The summed E-state index contributed by atoms with van der Waals surface area (Å²) in [7, 11) is -2.63. The molecule has 144 valence electrons. The first-order valence-corrected chi connectivity index (χ1v) is 11.7. The van der Waals surface area contributed by atoms with Gasteiger partial charge in [0.1, 0.15) is 0 Å². The lowest BCUT2D eigenvalue weighted by atomic mass is 10.1. The Labute approximate surface area is 154 Å². The Balaban J connectivity index is 4.07. The maximum atomic E-state index is 11.8. The largest absolute Gasteiger partial charge is 0.501 e. The van der Waals surface area contributed by atoms with E-state index in [-0.39, 0.29) is 11.2 Å². The number of carbonyl (C=O) groups is 1. The van der Waals surface area contributed by atoms with Crippen molar-refractivity contribution in [3.8, 4) is 0 Å². The Morgan fingerprint density at radius 1 is 0.958 bits per heavy atom. The summed E-state index contributed by atoms with van der Waals surface area (Å²) in [6, 6.07) is 0.663. The summed E-state index contributed by atoms with van der Waals surface area (Å²) in [5.74, 6) is -0.178. The van der Waals surface area contributed by atoms with E-state index in [0.717, 1.165) is 12.8 Å². The molecule has 7 heteroatoms. The van der Waals surface area contributed by atoms with Gasteiger partial charge < -0.3 is 18.0 Å². The molecule has 0 N–H and O–H groups in total. The van der Waals surface area contributed by atoms with E-state index in [2.05, 4.69) is 19.6 Å². The summed E-state index contributed by atoms with van der Waals surface area (Å²) < 4.78 is 22.7. The fourth-order valence-electron chi connectivity index (χ4n) is 2.46. The van der Waals surface area contributed by atoms with Crippen LogP contribution >= 0.6 is 12.6 Å². The first-order chi connectivity index (χ1) is 11.5. The summed E-state index contributed by atoms with van der Waals surface area (Å²) in [5, 5.41) is 0.0905. The molecule has 0 heterocycles. The minimum absolute atomic E-state index is 0.0905. The average Bonchev–Trinajstić information content (AvgIpc) is 2.52. The molecule has 0 fully saturated rings. The van der Waals surface area contributed by atoms with E-state index in [1.54, 1.807) is 0 Å². The minimum atomic E-state index is -2.63. The van der Waals surface area contributed by atoms with Gasteiger partial charge in [0.25, 0.3) is 0 Å². The van der Waals surface area contributed by atoms with Crippen molar-refractivity contribution in [2.24, 2.45) is 0 Å². The molecule has 0 aromatic rings. The highest BCUT2D eigenvalue weighted by atomic mass is 32.1. The Morgan fingerprint density at radius 3 is 2.04 bits per heavy atom. The molecule has 0 aromatic heterocycles. The summed E-state index contributed by atoms with van der Waals surface area (Å²) in [5.41, 5.74) is 0. The van der Waals surface area contributed by atoms with Crippen LogP contribution in [0.5, 0.6) is 0 Å². The van der Waals surface area contributed by atoms with Crippen molar-refractivity contribution in [3.05, 3.63) is 0 Å². The Kier molecular flexibility index (Phi) is 15.1. The van der Waals surface area contributed by atoms with Crippen LogP contribution in [-0.2, 0) is 22.8 Å². The molecule has 5 nitrogen and oxygen atoms in total. The molecular formula is C17H36O5SSi. The molecule has 24 heavy (non-hydrogen) atoms. The highest BCUT2D eigenvalue weighted by molar-refractivity contribution is 7.81. The van der Waals surface area contributed by atoms with Gasteiger partial charge in [-0.05, 0) is 33.6 Å². The number of thiol groups is 1. The lowest BCUT2D eigenvalue weighted by molar-refractivity contribution is -0.143. The summed E-state index contributed by atoms with van der Waals surface area (Å²) in [4.78, 5) is 11.8. The van der Waals surface area contributed by atoms with Gasteiger partial charge in [0.2, 0.25) is 0 Å². The molecule has 0 radical (unpaired) electrons. The molecule has 1 unspecified atom stereocenters. The fourth-order valence-corrected chi connectivity index (χ4v) is 5.37. The predicted molar refractivity (Wildman–Crippen MR) is 103 cm³/mol. The second kappa shape index (κ2) is 15.2. The van der Waals surface area contributed by atoms with Gasteiger partial charge in [-0.1, -0.05) is 26.2 Å². The highest BCUT2D eigenvalue weighted by Gasteiger charge is 2.39. The third kappa shape index (κ3) is 11.5. The van der Waals surface area contributed by atoms with Crippen LogP contribution in [0.2, 0.25) is 6.04 Å². The predicted octanol–water partition coefficient (Wildman–Crippen LogP) is 4.24. The molecule has 0 aliphatic rings. The summed E-state index contributed by atoms with van der Waals surface area (Å²) >= 11 is 4.46. The van der Waals surface area contributed by atoms with Crippen LogP contribution in [0.3, 0.4) is 0 Å². The summed E-state index contributed by atoms with van der Waals surface area (Å²) in [6.07, 6.45) is 5.49. The number of unbranched alkanes of at least 4 members (excludes halogenated alkanes) is 2. The van der Waals surface area contributed by atoms with Gasteiger partial charge in [-0.2, -0.15) is 12.6 Å². The van der Waals surface area contributed by atoms with Crippen molar-refractivity contribution < 1.29 is 22.8 Å². The van der Waals surface area contributed by atoms with E-state index in [1.165, 1.54) is 12.8 Å². The zero-order valence-electron chi connectivity index (χ0n) is 15.8. The van der Waals surface area contributed by atoms with E-state index in [9.17, 15) is 4.79 Å². The van der Waals surface area contributed by atoms with Crippen LogP contribution in [0.15, 0.2) is 0 Å². The van der Waals surface area contributed by atoms with E-state index in [1.807, 2.05) is 20.8 Å². The lowest BCUT2D eigenvalue weighted by Crippen LogP contribution is -2.46. The van der Waals surface area contributed by atoms with Gasteiger partial charge in [-0.15, -0.1) is 0 Å². The average molecular weight is 381 g/mol. The first-order valence-electron chi connectivity index (χ1n) is 9.29. The lowest BCUT2D eigenvalue weighted by Gasteiger charge is -2.28. The number of ether oxygens (including phenoxy) is 1. The molecule has 0 amide bonds. The second-order valence-corrected chi connectivity index (χ2v) is 9.12. The van der Waals surface area contributed by atoms with Crippen LogP contribution in [-0.4, -0.2) is 46.5 Å². The molecule has 1 atom stereocenters. The van der Waals surface area contributed by atoms with Crippen LogP contribution < -0.4 is 0 Å². The molecule has 0 saturated heterocycles. The molecule has 0 aliphatic carbocycles. The van der Waals surface area contributed by atoms with E-state index >= 15 is 0 Å². The Morgan fingerprint density at radius 2 is 1.54 bits per heavy atom. The molecule has 0 saturated carbocycles. The smallest absolute Gasteiger partial charge is 0.466 e. The maximum Gasteiger partial charge on any atom is 0.501 e. The second-order valence-electron chi connectivity index (χ2n) is 5.66. The van der Waals surface area contributed by atoms with Crippen molar-refractivity contribution in [2.75, 3.05) is 26.4 Å². The topological polar surface area (TPSA) is 54.0 Å². The molecule has 0 aliphatic heterocycles. The van der Waals surface area contributed by atoms with Crippen LogP contribution in [0.4, 0.5) is 0 Å². The number of hydrogen-bond donors (Lipinski definition) is 1. The van der Waals surface area contributed by atoms with Crippen molar-refractivity contribution in [1.82, 2.24) is 0 Å². The van der Waals surface area contributed by atoms with Gasteiger partial charge in [-0.3, -0.25) is 4.79 Å². The van der Waals surface area contributed by atoms with E-state index in [0.29, 0.717) is 45.3 Å². The third-order valence-corrected chi connectivity index (χ3v) is 7.12. The van der Waals surface area contributed by atoms with Crippen LogP contribution in [0.1, 0.15) is 66.2 Å². The van der Waals surface area contributed by atoms with Crippen LogP contribution in [0, 0.1) is 0 Å².